The van der Waals surface area contributed by atoms with Gasteiger partial charge >= 0.3 is 5.97 Å². The molecule has 1 aliphatic heterocycles. The van der Waals surface area contributed by atoms with Crippen LogP contribution in [0, 0.1) is 17.1 Å². The van der Waals surface area contributed by atoms with E-state index in [1.54, 1.807) is 49.6 Å². The van der Waals surface area contributed by atoms with E-state index in [-0.39, 0.29) is 18.3 Å². The van der Waals surface area contributed by atoms with E-state index < -0.39 is 5.97 Å². The lowest BCUT2D eigenvalue weighted by Gasteiger charge is -2.26. The van der Waals surface area contributed by atoms with Crippen molar-refractivity contribution in [1.29, 1.82) is 5.26 Å². The van der Waals surface area contributed by atoms with Gasteiger partial charge in [0.2, 0.25) is 5.88 Å². The molecule has 0 saturated heterocycles. The van der Waals surface area contributed by atoms with Crippen LogP contribution in [0.5, 0.6) is 11.6 Å². The fraction of sp³-hybridized carbons (Fsp3) is 0.235. The van der Waals surface area contributed by atoms with Gasteiger partial charge in [0.1, 0.15) is 23.5 Å². The molecule has 6 rings (SSSR count). The van der Waals surface area contributed by atoms with Crippen LogP contribution in [0.4, 0.5) is 4.39 Å². The van der Waals surface area contributed by atoms with Crippen molar-refractivity contribution in [2.45, 2.75) is 25.5 Å². The molecule has 0 aliphatic carbocycles. The number of nitriles is 1. The smallest absolute Gasteiger partial charge is 0.337 e. The van der Waals surface area contributed by atoms with E-state index in [2.05, 4.69) is 11.1 Å². The predicted molar refractivity (Wildman–Crippen MR) is 160 cm³/mol. The zero-order valence-corrected chi connectivity index (χ0v) is 24.2. The van der Waals surface area contributed by atoms with E-state index in [4.69, 9.17) is 23.9 Å². The second-order valence-corrected chi connectivity index (χ2v) is 10.3. The Hall–Kier alpha value is -5.27. The van der Waals surface area contributed by atoms with Crippen LogP contribution < -0.4 is 9.47 Å². The number of rotatable bonds is 9. The molecule has 0 saturated carbocycles. The molecule has 0 fully saturated rings. The van der Waals surface area contributed by atoms with E-state index in [1.165, 1.54) is 13.2 Å². The molecule has 0 bridgehead atoms. The second-order valence-electron chi connectivity index (χ2n) is 10.3. The molecule has 0 spiro atoms. The van der Waals surface area contributed by atoms with Gasteiger partial charge in [0.25, 0.3) is 0 Å². The SMILES string of the molecule is COCCn1c(Cc2ccc(-c3cccc(OC4CCOc5cc(C#N)ccc54)n3)cc2F)nc2ccc(C(=O)OC)cc21. The number of benzene rings is 3. The first-order valence-electron chi connectivity index (χ1n) is 14.1. The van der Waals surface area contributed by atoms with E-state index in [1.807, 2.05) is 28.8 Å². The van der Waals surface area contributed by atoms with E-state index in [0.717, 1.165) is 11.1 Å². The minimum absolute atomic E-state index is 0.241. The summed E-state index contributed by atoms with van der Waals surface area (Å²) >= 11 is 0. The summed E-state index contributed by atoms with van der Waals surface area (Å²) in [6.45, 7) is 1.37. The van der Waals surface area contributed by atoms with Crippen molar-refractivity contribution in [2.75, 3.05) is 27.4 Å². The molecule has 5 aromatic rings. The lowest BCUT2D eigenvalue weighted by Crippen LogP contribution is -2.19. The van der Waals surface area contributed by atoms with Gasteiger partial charge in [0, 0.05) is 43.7 Å². The van der Waals surface area contributed by atoms with Crippen molar-refractivity contribution in [2.24, 2.45) is 0 Å². The predicted octanol–water partition coefficient (Wildman–Crippen LogP) is 6.04. The molecule has 9 nitrogen and oxygen atoms in total. The maximum atomic E-state index is 15.6. The van der Waals surface area contributed by atoms with Gasteiger partial charge in [-0.05, 0) is 48.0 Å². The Morgan fingerprint density at radius 3 is 2.77 bits per heavy atom. The number of halogens is 1. The monoisotopic (exact) mass is 592 g/mol. The first-order chi connectivity index (χ1) is 21.5. The van der Waals surface area contributed by atoms with Crippen molar-refractivity contribution >= 4 is 17.0 Å². The van der Waals surface area contributed by atoms with E-state index >= 15 is 4.39 Å². The van der Waals surface area contributed by atoms with Gasteiger partial charge in [0.05, 0.1) is 54.2 Å². The highest BCUT2D eigenvalue weighted by Crippen LogP contribution is 2.36. The number of ether oxygens (including phenoxy) is 4. The molecule has 222 valence electrons. The third-order valence-electron chi connectivity index (χ3n) is 7.58. The lowest BCUT2D eigenvalue weighted by atomic mass is 10.0. The standard InChI is InChI=1S/C34H29FN4O5/c1-41-15-13-39-29-18-24(34(40)42-2)9-11-28(29)37-32(39)19-22-7-8-23(17-26(22)35)27-4-3-5-33(38-27)44-30-12-14-43-31-16-21(20-36)6-10-25(30)31/h3-11,16-18,30H,12-15,19H2,1-2H3. The molecule has 1 unspecified atom stereocenters. The zero-order chi connectivity index (χ0) is 30.6. The Balaban J connectivity index is 1.24. The van der Waals surface area contributed by atoms with Crippen molar-refractivity contribution in [1.82, 2.24) is 14.5 Å². The van der Waals surface area contributed by atoms with Gasteiger partial charge in [-0.15, -0.1) is 0 Å². The molecule has 3 aromatic carbocycles. The molecule has 0 N–H and O–H groups in total. The topological polar surface area (TPSA) is 108 Å². The summed E-state index contributed by atoms with van der Waals surface area (Å²) in [7, 11) is 2.95. The summed E-state index contributed by atoms with van der Waals surface area (Å²) in [4.78, 5) is 21.5. The van der Waals surface area contributed by atoms with Crippen LogP contribution in [0.1, 0.15) is 45.4 Å². The van der Waals surface area contributed by atoms with Crippen LogP contribution in [-0.4, -0.2) is 47.9 Å². The maximum Gasteiger partial charge on any atom is 0.337 e. The summed E-state index contributed by atoms with van der Waals surface area (Å²) in [6.07, 6.45) is 0.591. The Morgan fingerprint density at radius 1 is 1.09 bits per heavy atom. The highest BCUT2D eigenvalue weighted by Gasteiger charge is 2.24. The fourth-order valence-corrected chi connectivity index (χ4v) is 5.34. The molecule has 0 radical (unpaired) electrons. The fourth-order valence-electron chi connectivity index (χ4n) is 5.34. The number of hydrogen-bond acceptors (Lipinski definition) is 8. The molecular weight excluding hydrogens is 563 g/mol. The average molecular weight is 593 g/mol. The van der Waals surface area contributed by atoms with Crippen LogP contribution in [0.25, 0.3) is 22.3 Å². The Bertz CT molecular complexity index is 1900. The minimum Gasteiger partial charge on any atom is -0.493 e. The van der Waals surface area contributed by atoms with Crippen molar-refractivity contribution in [3.05, 3.63) is 107 Å². The van der Waals surface area contributed by atoms with Crippen LogP contribution in [-0.2, 0) is 22.4 Å². The molecule has 1 atom stereocenters. The van der Waals surface area contributed by atoms with Crippen LogP contribution in [0.15, 0.2) is 72.8 Å². The molecule has 1 aliphatic rings. The number of carbonyl (C=O) groups excluding carboxylic acids is 1. The first-order valence-corrected chi connectivity index (χ1v) is 14.1. The van der Waals surface area contributed by atoms with E-state index in [9.17, 15) is 10.1 Å². The summed E-state index contributed by atoms with van der Waals surface area (Å²) in [5.41, 5.74) is 4.88. The maximum absolute atomic E-state index is 15.6. The third kappa shape index (κ3) is 5.82. The van der Waals surface area contributed by atoms with E-state index in [0.29, 0.717) is 77.1 Å². The van der Waals surface area contributed by atoms with Gasteiger partial charge in [-0.1, -0.05) is 24.3 Å². The normalized spacial score (nSPS) is 14.0. The largest absolute Gasteiger partial charge is 0.493 e. The first kappa shape index (κ1) is 28.8. The summed E-state index contributed by atoms with van der Waals surface area (Å²) in [5.74, 6) is 0.867. The number of methoxy groups -OCH3 is 2. The molecular formula is C34H29FN4O5. The highest BCUT2D eigenvalue weighted by molar-refractivity contribution is 5.93. The number of hydrogen-bond donors (Lipinski definition) is 0. The number of esters is 1. The number of carbonyl (C=O) groups is 1. The highest BCUT2D eigenvalue weighted by atomic mass is 19.1. The van der Waals surface area contributed by atoms with Gasteiger partial charge in [-0.25, -0.2) is 19.2 Å². The number of aromatic nitrogens is 3. The molecule has 10 heteroatoms. The van der Waals surface area contributed by atoms with Crippen LogP contribution >= 0.6 is 0 Å². The van der Waals surface area contributed by atoms with Gasteiger partial charge in [0.15, 0.2) is 0 Å². The number of imidazole rings is 1. The Kier molecular flexibility index (Phi) is 8.21. The third-order valence-corrected chi connectivity index (χ3v) is 7.58. The Labute approximate surface area is 253 Å². The summed E-state index contributed by atoms with van der Waals surface area (Å²) < 4.78 is 39.6. The molecule has 2 aromatic heterocycles. The molecule has 44 heavy (non-hydrogen) atoms. The second kappa shape index (κ2) is 12.5. The lowest BCUT2D eigenvalue weighted by molar-refractivity contribution is 0.0601. The van der Waals surface area contributed by atoms with Crippen molar-refractivity contribution in [3.8, 4) is 29.0 Å². The number of fused-ring (bicyclic) bond motifs is 2. The van der Waals surface area contributed by atoms with Crippen LogP contribution in [0.3, 0.4) is 0 Å². The number of pyridine rings is 1. The van der Waals surface area contributed by atoms with Crippen molar-refractivity contribution in [3.63, 3.8) is 0 Å². The average Bonchev–Trinajstić information content (AvgIpc) is 3.40. The van der Waals surface area contributed by atoms with Gasteiger partial charge in [-0.2, -0.15) is 5.26 Å². The van der Waals surface area contributed by atoms with Gasteiger partial charge in [-0.3, -0.25) is 0 Å². The quantitative estimate of drug-likeness (QED) is 0.191. The van der Waals surface area contributed by atoms with Crippen molar-refractivity contribution < 1.29 is 28.1 Å². The summed E-state index contributed by atoms with van der Waals surface area (Å²) in [6, 6.07) is 23.0. The zero-order valence-electron chi connectivity index (χ0n) is 24.2. The Morgan fingerprint density at radius 2 is 1.98 bits per heavy atom. The molecule has 0 amide bonds. The van der Waals surface area contributed by atoms with Crippen LogP contribution in [0.2, 0.25) is 0 Å². The summed E-state index contributed by atoms with van der Waals surface area (Å²) in [5, 5.41) is 9.20. The van der Waals surface area contributed by atoms with Gasteiger partial charge < -0.3 is 23.5 Å². The molecule has 3 heterocycles. The number of nitrogens with zero attached hydrogens (tertiary/aromatic N) is 4. The minimum atomic E-state index is -0.440.